The Balaban J connectivity index is 1.41. The molecule has 0 bridgehead atoms. The maximum Gasteiger partial charge on any atom is 0.261 e. The van der Waals surface area contributed by atoms with Crippen LogP contribution < -0.4 is 5.32 Å². The van der Waals surface area contributed by atoms with E-state index in [0.717, 1.165) is 37.0 Å². The van der Waals surface area contributed by atoms with Crippen LogP contribution in [0.1, 0.15) is 78.1 Å². The van der Waals surface area contributed by atoms with Crippen LogP contribution in [0.4, 0.5) is 4.39 Å². The molecule has 1 heterocycles. The molecule has 0 spiro atoms. The largest absolute Gasteiger partial charge is 0.352 e. The zero-order valence-corrected chi connectivity index (χ0v) is 20.5. The van der Waals surface area contributed by atoms with Crippen molar-refractivity contribution in [2.24, 2.45) is 0 Å². The summed E-state index contributed by atoms with van der Waals surface area (Å²) in [6.45, 7) is 1.70. The van der Waals surface area contributed by atoms with Crippen LogP contribution in [-0.4, -0.2) is 52.1 Å². The second-order valence-electron chi connectivity index (χ2n) is 9.54. The summed E-state index contributed by atoms with van der Waals surface area (Å²) in [6.07, 6.45) is 5.38. The summed E-state index contributed by atoms with van der Waals surface area (Å²) < 4.78 is 14.4. The van der Waals surface area contributed by atoms with Gasteiger partial charge in [0.25, 0.3) is 11.8 Å². The molecular weight excluding hydrogens is 461 g/mol. The molecule has 1 aliphatic heterocycles. The number of nitrogens with zero attached hydrogens (tertiary/aromatic N) is 2. The summed E-state index contributed by atoms with van der Waals surface area (Å²) in [5.74, 6) is -1.77. The zero-order chi connectivity index (χ0) is 25.7. The van der Waals surface area contributed by atoms with Crippen molar-refractivity contribution in [2.75, 3.05) is 6.54 Å². The number of rotatable bonds is 9. The molecule has 0 aromatic heterocycles. The van der Waals surface area contributed by atoms with Crippen molar-refractivity contribution in [1.29, 1.82) is 0 Å². The van der Waals surface area contributed by atoms with Gasteiger partial charge in [-0.25, -0.2) is 4.39 Å². The number of nitrogens with one attached hydrogen (secondary N) is 1. The standard InChI is InChI=1S/C28H32FN3O4/c1-19(26(34)30-21-11-3-2-4-12-21)32(18-20-10-5-8-15-24(20)29)25(33)16-9-17-31-27(35)22-13-6-7-14-23(22)28(31)36/h5-8,10,13-15,19,21H,2-4,9,11-12,16-18H2,1H3,(H,30,34). The van der Waals surface area contributed by atoms with Crippen molar-refractivity contribution in [3.05, 3.63) is 71.0 Å². The maximum atomic E-state index is 14.4. The fraction of sp³-hybridized carbons (Fsp3) is 0.429. The minimum Gasteiger partial charge on any atom is -0.352 e. The van der Waals surface area contributed by atoms with Gasteiger partial charge in [0, 0.05) is 31.1 Å². The Morgan fingerprint density at radius 1 is 1.00 bits per heavy atom. The van der Waals surface area contributed by atoms with E-state index >= 15 is 0 Å². The smallest absolute Gasteiger partial charge is 0.261 e. The third kappa shape index (κ3) is 5.64. The van der Waals surface area contributed by atoms with Crippen molar-refractivity contribution >= 4 is 23.6 Å². The van der Waals surface area contributed by atoms with Crippen LogP contribution in [0.3, 0.4) is 0 Å². The SMILES string of the molecule is CC(C(=O)NC1CCCCC1)N(Cc1ccccc1F)C(=O)CCCN1C(=O)c2ccccc2C1=O. The number of amides is 4. The van der Waals surface area contributed by atoms with E-state index < -0.39 is 11.9 Å². The minimum absolute atomic E-state index is 0.0168. The molecule has 0 saturated heterocycles. The van der Waals surface area contributed by atoms with Gasteiger partial charge in [-0.05, 0) is 44.4 Å². The number of carbonyl (C=O) groups is 4. The highest BCUT2D eigenvalue weighted by Crippen LogP contribution is 2.23. The fourth-order valence-electron chi connectivity index (χ4n) is 4.94. The Labute approximate surface area is 210 Å². The van der Waals surface area contributed by atoms with Crippen LogP contribution in [0, 0.1) is 5.82 Å². The predicted octanol–water partition coefficient (Wildman–Crippen LogP) is 4.07. The van der Waals surface area contributed by atoms with Crippen molar-refractivity contribution in [3.63, 3.8) is 0 Å². The molecule has 8 heteroatoms. The number of halogens is 1. The number of imide groups is 1. The van der Waals surface area contributed by atoms with Gasteiger partial charge >= 0.3 is 0 Å². The highest BCUT2D eigenvalue weighted by Gasteiger charge is 2.35. The van der Waals surface area contributed by atoms with Crippen LogP contribution in [0.25, 0.3) is 0 Å². The summed E-state index contributed by atoms with van der Waals surface area (Å²) in [5.41, 5.74) is 1.05. The number of hydrogen-bond donors (Lipinski definition) is 1. The number of fused-ring (bicyclic) bond motifs is 1. The van der Waals surface area contributed by atoms with Gasteiger partial charge in [0.15, 0.2) is 0 Å². The van der Waals surface area contributed by atoms with Crippen LogP contribution in [0.15, 0.2) is 48.5 Å². The molecule has 1 aliphatic carbocycles. The van der Waals surface area contributed by atoms with E-state index in [4.69, 9.17) is 0 Å². The first-order chi connectivity index (χ1) is 17.4. The molecule has 1 atom stereocenters. The Bertz CT molecular complexity index is 1110. The van der Waals surface area contributed by atoms with E-state index in [1.54, 1.807) is 49.4 Å². The molecule has 1 unspecified atom stereocenters. The first kappa shape index (κ1) is 25.5. The maximum absolute atomic E-state index is 14.4. The molecule has 2 aliphatic rings. The van der Waals surface area contributed by atoms with Crippen molar-refractivity contribution in [1.82, 2.24) is 15.1 Å². The average Bonchev–Trinajstić information content (AvgIpc) is 3.13. The van der Waals surface area contributed by atoms with Crippen molar-refractivity contribution in [2.45, 2.75) is 70.5 Å². The van der Waals surface area contributed by atoms with Gasteiger partial charge in [0.2, 0.25) is 11.8 Å². The van der Waals surface area contributed by atoms with Gasteiger partial charge in [-0.1, -0.05) is 49.6 Å². The molecular formula is C28H32FN3O4. The molecule has 190 valence electrons. The number of hydrogen-bond acceptors (Lipinski definition) is 4. The molecule has 1 N–H and O–H groups in total. The molecule has 2 aromatic rings. The molecule has 7 nitrogen and oxygen atoms in total. The molecule has 1 saturated carbocycles. The van der Waals surface area contributed by atoms with Gasteiger partial charge in [-0.3, -0.25) is 24.1 Å². The molecule has 4 rings (SSSR count). The Hall–Kier alpha value is -3.55. The highest BCUT2D eigenvalue weighted by molar-refractivity contribution is 6.21. The van der Waals surface area contributed by atoms with Crippen molar-refractivity contribution in [3.8, 4) is 0 Å². The molecule has 0 radical (unpaired) electrons. The molecule has 4 amide bonds. The van der Waals surface area contributed by atoms with Crippen molar-refractivity contribution < 1.29 is 23.6 Å². The second kappa shape index (κ2) is 11.5. The normalized spacial score (nSPS) is 16.6. The van der Waals surface area contributed by atoms with Crippen LogP contribution in [-0.2, 0) is 16.1 Å². The van der Waals surface area contributed by atoms with Gasteiger partial charge in [-0.15, -0.1) is 0 Å². The Morgan fingerprint density at radius 2 is 1.61 bits per heavy atom. The molecule has 1 fully saturated rings. The van der Waals surface area contributed by atoms with Gasteiger partial charge in [-0.2, -0.15) is 0 Å². The van der Waals surface area contributed by atoms with Crippen LogP contribution in [0.2, 0.25) is 0 Å². The summed E-state index contributed by atoms with van der Waals surface area (Å²) in [7, 11) is 0. The summed E-state index contributed by atoms with van der Waals surface area (Å²) in [4.78, 5) is 54.1. The second-order valence-corrected chi connectivity index (χ2v) is 9.54. The quantitative estimate of drug-likeness (QED) is 0.534. The van der Waals surface area contributed by atoms with Crippen LogP contribution in [0.5, 0.6) is 0 Å². The molecule has 36 heavy (non-hydrogen) atoms. The topological polar surface area (TPSA) is 86.8 Å². The lowest BCUT2D eigenvalue weighted by Gasteiger charge is -2.31. The van der Waals surface area contributed by atoms with E-state index in [1.165, 1.54) is 11.0 Å². The zero-order valence-electron chi connectivity index (χ0n) is 20.5. The first-order valence-corrected chi connectivity index (χ1v) is 12.6. The van der Waals surface area contributed by atoms with E-state index in [2.05, 4.69) is 5.32 Å². The lowest BCUT2D eigenvalue weighted by Crippen LogP contribution is -2.50. The summed E-state index contributed by atoms with van der Waals surface area (Å²) in [5, 5.41) is 3.05. The third-order valence-corrected chi connectivity index (χ3v) is 7.07. The van der Waals surface area contributed by atoms with Crippen LogP contribution >= 0.6 is 0 Å². The minimum atomic E-state index is -0.793. The number of benzene rings is 2. The predicted molar refractivity (Wildman–Crippen MR) is 132 cm³/mol. The highest BCUT2D eigenvalue weighted by atomic mass is 19.1. The summed E-state index contributed by atoms with van der Waals surface area (Å²) >= 11 is 0. The fourth-order valence-corrected chi connectivity index (χ4v) is 4.94. The molecule has 2 aromatic carbocycles. The Morgan fingerprint density at radius 3 is 2.25 bits per heavy atom. The first-order valence-electron chi connectivity index (χ1n) is 12.6. The van der Waals surface area contributed by atoms with Gasteiger partial charge in [0.05, 0.1) is 11.1 Å². The third-order valence-electron chi connectivity index (χ3n) is 7.07. The number of carbonyl (C=O) groups excluding carboxylic acids is 4. The van der Waals surface area contributed by atoms with E-state index in [-0.39, 0.29) is 55.6 Å². The lowest BCUT2D eigenvalue weighted by molar-refractivity contribution is -0.141. The summed E-state index contributed by atoms with van der Waals surface area (Å²) in [6, 6.07) is 12.1. The lowest BCUT2D eigenvalue weighted by atomic mass is 9.95. The van der Waals surface area contributed by atoms with Gasteiger partial charge in [0.1, 0.15) is 11.9 Å². The van der Waals surface area contributed by atoms with E-state index in [1.807, 2.05) is 0 Å². The van der Waals surface area contributed by atoms with E-state index in [0.29, 0.717) is 16.7 Å². The average molecular weight is 494 g/mol. The monoisotopic (exact) mass is 493 g/mol. The van der Waals surface area contributed by atoms with Gasteiger partial charge < -0.3 is 10.2 Å². The Kier molecular flexibility index (Phi) is 8.13. The van der Waals surface area contributed by atoms with E-state index in [9.17, 15) is 23.6 Å².